The van der Waals surface area contributed by atoms with Gasteiger partial charge in [0.2, 0.25) is 0 Å². The first-order valence-electron chi connectivity index (χ1n) is 6.58. The van der Waals surface area contributed by atoms with Crippen LogP contribution in [0.25, 0.3) is 0 Å². The maximum Gasteiger partial charge on any atom is 0.00157 e. The molecule has 1 aromatic rings. The number of benzene rings is 1. The summed E-state index contributed by atoms with van der Waals surface area (Å²) in [7, 11) is 2.28. The maximum atomic E-state index is 2.52. The summed E-state index contributed by atoms with van der Waals surface area (Å²) >= 11 is 0. The standard InChI is InChI=1S/C15H21N/c1-16-10-13-8-5-9-14(15(13)11-16)12-6-3-2-4-7-12/h2-4,6-7,13-15H,5,8-11H2,1H3/t13-,14+,15+/m0/s1. The SMILES string of the molecule is CN1C[C@@H]2CCC[C@H](c3ccccc3)[C@@H]2C1. The van der Waals surface area contributed by atoms with Crippen LogP contribution >= 0.6 is 0 Å². The van der Waals surface area contributed by atoms with Gasteiger partial charge in [0.1, 0.15) is 0 Å². The molecule has 2 fully saturated rings. The molecule has 0 N–H and O–H groups in total. The van der Waals surface area contributed by atoms with Crippen molar-refractivity contribution < 1.29 is 0 Å². The van der Waals surface area contributed by atoms with E-state index in [2.05, 4.69) is 42.3 Å². The van der Waals surface area contributed by atoms with Crippen molar-refractivity contribution in [2.45, 2.75) is 25.2 Å². The Labute approximate surface area is 98.5 Å². The average molecular weight is 215 g/mol. The second kappa shape index (κ2) is 4.21. The molecule has 1 aliphatic heterocycles. The van der Waals surface area contributed by atoms with E-state index >= 15 is 0 Å². The molecule has 86 valence electrons. The van der Waals surface area contributed by atoms with Crippen LogP contribution in [0.1, 0.15) is 30.7 Å². The molecule has 1 heterocycles. The van der Waals surface area contributed by atoms with E-state index in [0.29, 0.717) is 0 Å². The zero-order chi connectivity index (χ0) is 11.0. The first-order chi connectivity index (χ1) is 7.84. The minimum atomic E-state index is 0.824. The lowest BCUT2D eigenvalue weighted by atomic mass is 9.71. The second-order valence-corrected chi connectivity index (χ2v) is 5.59. The highest BCUT2D eigenvalue weighted by molar-refractivity contribution is 5.22. The lowest BCUT2D eigenvalue weighted by Crippen LogP contribution is -2.25. The molecule has 0 bridgehead atoms. The molecule has 1 heteroatoms. The highest BCUT2D eigenvalue weighted by Gasteiger charge is 2.39. The molecular formula is C15H21N. The Morgan fingerprint density at radius 2 is 1.88 bits per heavy atom. The van der Waals surface area contributed by atoms with Gasteiger partial charge in [0.25, 0.3) is 0 Å². The summed E-state index contributed by atoms with van der Waals surface area (Å²) in [4.78, 5) is 2.52. The molecule has 0 radical (unpaired) electrons. The van der Waals surface area contributed by atoms with E-state index in [1.165, 1.54) is 32.4 Å². The Bertz CT molecular complexity index is 346. The van der Waals surface area contributed by atoms with Crippen molar-refractivity contribution in [1.29, 1.82) is 0 Å². The molecule has 0 amide bonds. The molecule has 0 unspecified atom stereocenters. The van der Waals surface area contributed by atoms with Gasteiger partial charge in [-0.15, -0.1) is 0 Å². The van der Waals surface area contributed by atoms with Crippen molar-refractivity contribution in [3.05, 3.63) is 35.9 Å². The highest BCUT2D eigenvalue weighted by Crippen LogP contribution is 2.44. The van der Waals surface area contributed by atoms with Crippen LogP contribution in [0.2, 0.25) is 0 Å². The second-order valence-electron chi connectivity index (χ2n) is 5.59. The molecule has 1 aromatic carbocycles. The predicted octanol–water partition coefficient (Wildman–Crippen LogP) is 3.13. The summed E-state index contributed by atoms with van der Waals surface area (Å²) in [5.74, 6) is 2.70. The first-order valence-corrected chi connectivity index (χ1v) is 6.58. The highest BCUT2D eigenvalue weighted by atomic mass is 15.1. The monoisotopic (exact) mass is 215 g/mol. The Kier molecular flexibility index (Phi) is 2.72. The van der Waals surface area contributed by atoms with E-state index in [1.807, 2.05) is 0 Å². The van der Waals surface area contributed by atoms with Crippen LogP contribution in [0.4, 0.5) is 0 Å². The van der Waals surface area contributed by atoms with Gasteiger partial charge >= 0.3 is 0 Å². The van der Waals surface area contributed by atoms with Gasteiger partial charge in [-0.2, -0.15) is 0 Å². The number of nitrogens with zero attached hydrogens (tertiary/aromatic N) is 1. The fourth-order valence-corrected chi connectivity index (χ4v) is 3.81. The predicted molar refractivity (Wildman–Crippen MR) is 67.5 cm³/mol. The van der Waals surface area contributed by atoms with Gasteiger partial charge in [-0.25, -0.2) is 0 Å². The molecule has 0 spiro atoms. The molecule has 2 aliphatic rings. The normalized spacial score (nSPS) is 34.9. The minimum absolute atomic E-state index is 0.824. The largest absolute Gasteiger partial charge is 0.306 e. The third-order valence-electron chi connectivity index (χ3n) is 4.51. The summed E-state index contributed by atoms with van der Waals surface area (Å²) in [6.45, 7) is 2.64. The third-order valence-corrected chi connectivity index (χ3v) is 4.51. The van der Waals surface area contributed by atoms with Gasteiger partial charge in [-0.05, 0) is 43.2 Å². The van der Waals surface area contributed by atoms with E-state index in [0.717, 1.165) is 17.8 Å². The molecule has 3 rings (SSSR count). The number of hydrogen-bond donors (Lipinski definition) is 0. The smallest absolute Gasteiger partial charge is 0.00157 e. The number of fused-ring (bicyclic) bond motifs is 1. The van der Waals surface area contributed by atoms with Crippen LogP contribution in [0.15, 0.2) is 30.3 Å². The van der Waals surface area contributed by atoms with Gasteiger partial charge in [0.15, 0.2) is 0 Å². The molecule has 1 aliphatic carbocycles. The van der Waals surface area contributed by atoms with Crippen LogP contribution in [-0.2, 0) is 0 Å². The maximum absolute atomic E-state index is 2.52. The average Bonchev–Trinajstić information content (AvgIpc) is 2.70. The lowest BCUT2D eigenvalue weighted by molar-refractivity contribution is 0.258. The van der Waals surface area contributed by atoms with Gasteiger partial charge in [0, 0.05) is 13.1 Å². The molecule has 16 heavy (non-hydrogen) atoms. The molecule has 1 nitrogen and oxygen atoms in total. The van der Waals surface area contributed by atoms with E-state index in [4.69, 9.17) is 0 Å². The lowest BCUT2D eigenvalue weighted by Gasteiger charge is -2.33. The molecule has 1 saturated carbocycles. The molecule has 3 atom stereocenters. The van der Waals surface area contributed by atoms with E-state index in [-0.39, 0.29) is 0 Å². The minimum Gasteiger partial charge on any atom is -0.306 e. The zero-order valence-corrected chi connectivity index (χ0v) is 10.1. The third kappa shape index (κ3) is 1.78. The summed E-state index contributed by atoms with van der Waals surface area (Å²) < 4.78 is 0. The van der Waals surface area contributed by atoms with E-state index in [9.17, 15) is 0 Å². The summed E-state index contributed by atoms with van der Waals surface area (Å²) in [6, 6.07) is 11.2. The fraction of sp³-hybridized carbons (Fsp3) is 0.600. The van der Waals surface area contributed by atoms with Gasteiger partial charge in [-0.1, -0.05) is 36.8 Å². The van der Waals surface area contributed by atoms with Gasteiger partial charge in [-0.3, -0.25) is 0 Å². The van der Waals surface area contributed by atoms with Crippen molar-refractivity contribution in [2.75, 3.05) is 20.1 Å². The summed E-state index contributed by atoms with van der Waals surface area (Å²) in [6.07, 6.45) is 4.28. The van der Waals surface area contributed by atoms with Crippen LogP contribution in [0, 0.1) is 11.8 Å². The Morgan fingerprint density at radius 1 is 1.06 bits per heavy atom. The zero-order valence-electron chi connectivity index (χ0n) is 10.1. The Morgan fingerprint density at radius 3 is 2.69 bits per heavy atom. The van der Waals surface area contributed by atoms with Crippen molar-refractivity contribution in [3.63, 3.8) is 0 Å². The Balaban J connectivity index is 1.85. The molecular weight excluding hydrogens is 194 g/mol. The van der Waals surface area contributed by atoms with E-state index < -0.39 is 0 Å². The molecule has 0 aromatic heterocycles. The van der Waals surface area contributed by atoms with Crippen LogP contribution < -0.4 is 0 Å². The van der Waals surface area contributed by atoms with Crippen LogP contribution in [0.3, 0.4) is 0 Å². The topological polar surface area (TPSA) is 3.24 Å². The van der Waals surface area contributed by atoms with Crippen molar-refractivity contribution in [3.8, 4) is 0 Å². The van der Waals surface area contributed by atoms with Crippen molar-refractivity contribution in [2.24, 2.45) is 11.8 Å². The van der Waals surface area contributed by atoms with Crippen molar-refractivity contribution >= 4 is 0 Å². The van der Waals surface area contributed by atoms with Crippen LogP contribution in [-0.4, -0.2) is 25.0 Å². The van der Waals surface area contributed by atoms with Crippen molar-refractivity contribution in [1.82, 2.24) is 4.90 Å². The molecule has 1 saturated heterocycles. The van der Waals surface area contributed by atoms with Crippen LogP contribution in [0.5, 0.6) is 0 Å². The number of rotatable bonds is 1. The summed E-state index contributed by atoms with van der Waals surface area (Å²) in [5.41, 5.74) is 1.58. The fourth-order valence-electron chi connectivity index (χ4n) is 3.81. The number of likely N-dealkylation sites (tertiary alicyclic amines) is 1. The summed E-state index contributed by atoms with van der Waals surface area (Å²) in [5, 5.41) is 0. The Hall–Kier alpha value is -0.820. The number of hydrogen-bond acceptors (Lipinski definition) is 1. The first kappa shape index (κ1) is 10.3. The van der Waals surface area contributed by atoms with Gasteiger partial charge in [0.05, 0.1) is 0 Å². The van der Waals surface area contributed by atoms with Gasteiger partial charge < -0.3 is 4.90 Å². The quantitative estimate of drug-likeness (QED) is 0.695. The van der Waals surface area contributed by atoms with E-state index in [1.54, 1.807) is 5.56 Å².